The van der Waals surface area contributed by atoms with E-state index >= 15 is 0 Å². The van der Waals surface area contributed by atoms with Gasteiger partial charge in [0.1, 0.15) is 5.82 Å². The molecule has 0 saturated heterocycles. The number of halogens is 1. The number of pyridine rings is 1. The number of nitrogens with zero attached hydrogens (tertiary/aromatic N) is 1. The predicted octanol–water partition coefficient (Wildman–Crippen LogP) is 5.81. The minimum absolute atomic E-state index is 0.0966. The second kappa shape index (κ2) is 5.17. The highest BCUT2D eigenvalue weighted by Gasteiger charge is 2.13. The molecule has 0 fully saturated rings. The van der Waals surface area contributed by atoms with Crippen LogP contribution in [-0.4, -0.2) is 4.98 Å². The van der Waals surface area contributed by atoms with Gasteiger partial charge in [-0.15, -0.1) is 0 Å². The number of hydrogen-bond donors (Lipinski definition) is 0. The largest absolute Gasteiger partial charge is 0.253 e. The summed E-state index contributed by atoms with van der Waals surface area (Å²) in [6.07, 6.45) is 1.07. The first-order valence-electron chi connectivity index (χ1n) is 10.2. The Morgan fingerprint density at radius 1 is 0.913 bits per heavy atom. The van der Waals surface area contributed by atoms with E-state index in [0.717, 1.165) is 17.0 Å². The lowest BCUT2D eigenvalue weighted by Crippen LogP contribution is -1.92. The van der Waals surface area contributed by atoms with Crippen LogP contribution < -0.4 is 0 Å². The Morgan fingerprint density at radius 3 is 2.48 bits per heavy atom. The molecule has 0 aliphatic heterocycles. The van der Waals surface area contributed by atoms with Gasteiger partial charge < -0.3 is 0 Å². The Bertz CT molecular complexity index is 1210. The Labute approximate surface area is 142 Å². The van der Waals surface area contributed by atoms with Crippen molar-refractivity contribution in [1.29, 1.82) is 0 Å². The summed E-state index contributed by atoms with van der Waals surface area (Å²) >= 11 is 0. The standard InChI is InChI=1S/C21H16FN/c1-13-9-14(2)11-16(10-13)21-20-17-6-4-3-5-15(17)7-8-18(20)19(22)12-23-21/h3-12H,1-2H3/i1D3,2D3. The van der Waals surface area contributed by atoms with E-state index in [4.69, 9.17) is 8.22 Å². The van der Waals surface area contributed by atoms with E-state index < -0.39 is 19.5 Å². The highest BCUT2D eigenvalue weighted by atomic mass is 19.1. The molecule has 0 aliphatic carbocycles. The van der Waals surface area contributed by atoms with Crippen molar-refractivity contribution in [2.75, 3.05) is 0 Å². The van der Waals surface area contributed by atoms with E-state index in [2.05, 4.69) is 4.98 Å². The molecule has 3 aromatic carbocycles. The first-order chi connectivity index (χ1) is 13.6. The summed E-state index contributed by atoms with van der Waals surface area (Å²) in [5.41, 5.74) is 0.474. The molecule has 1 heterocycles. The molecule has 0 radical (unpaired) electrons. The molecule has 1 aromatic heterocycles. The summed E-state index contributed by atoms with van der Waals surface area (Å²) < 4.78 is 60.9. The molecule has 0 amide bonds. The maximum atomic E-state index is 14.5. The Kier molecular flexibility index (Phi) is 1.97. The van der Waals surface area contributed by atoms with Crippen LogP contribution in [0.15, 0.2) is 60.8 Å². The SMILES string of the molecule is [2H]C([2H])([2H])c1cc(-c2ncc(F)c3ccc4ccccc4c23)cc(C([2H])([2H])[2H])c1. The number of aromatic nitrogens is 1. The molecule has 0 bridgehead atoms. The smallest absolute Gasteiger partial charge is 0.149 e. The van der Waals surface area contributed by atoms with Gasteiger partial charge in [0.2, 0.25) is 0 Å². The molecular weight excluding hydrogens is 285 g/mol. The summed E-state index contributed by atoms with van der Waals surface area (Å²) in [5, 5.41) is 2.48. The average molecular weight is 307 g/mol. The molecule has 0 unspecified atom stereocenters. The highest BCUT2D eigenvalue weighted by molar-refractivity contribution is 6.13. The van der Waals surface area contributed by atoms with Gasteiger partial charge >= 0.3 is 0 Å². The molecule has 2 heteroatoms. The first-order valence-corrected chi connectivity index (χ1v) is 7.18. The van der Waals surface area contributed by atoms with E-state index in [1.54, 1.807) is 12.1 Å². The van der Waals surface area contributed by atoms with Crippen LogP contribution >= 0.6 is 0 Å². The maximum absolute atomic E-state index is 14.5. The zero-order valence-corrected chi connectivity index (χ0v) is 12.1. The fourth-order valence-electron chi connectivity index (χ4n) is 2.96. The lowest BCUT2D eigenvalue weighted by Gasteiger charge is -2.11. The molecule has 0 N–H and O–H groups in total. The molecular formula is C21H16FN. The third-order valence-corrected chi connectivity index (χ3v) is 3.94. The van der Waals surface area contributed by atoms with E-state index in [1.807, 2.05) is 24.3 Å². The molecule has 4 aromatic rings. The average Bonchev–Trinajstić information content (AvgIpc) is 2.66. The Morgan fingerprint density at radius 2 is 1.70 bits per heavy atom. The van der Waals surface area contributed by atoms with Gasteiger partial charge in [-0.25, -0.2) is 4.39 Å². The number of benzene rings is 3. The van der Waals surface area contributed by atoms with Crippen LogP contribution in [-0.2, 0) is 0 Å². The fourth-order valence-corrected chi connectivity index (χ4v) is 2.96. The van der Waals surface area contributed by atoms with Crippen molar-refractivity contribution < 1.29 is 12.6 Å². The van der Waals surface area contributed by atoms with Crippen molar-refractivity contribution in [3.8, 4) is 11.3 Å². The monoisotopic (exact) mass is 307 g/mol. The third kappa shape index (κ3) is 2.27. The van der Waals surface area contributed by atoms with E-state index in [9.17, 15) is 4.39 Å². The van der Waals surface area contributed by atoms with Gasteiger partial charge in [-0.1, -0.05) is 53.6 Å². The number of aryl methyl sites for hydroxylation is 2. The van der Waals surface area contributed by atoms with Gasteiger partial charge in [-0.3, -0.25) is 4.98 Å². The van der Waals surface area contributed by atoms with Gasteiger partial charge in [-0.2, -0.15) is 0 Å². The molecule has 0 saturated carbocycles. The van der Waals surface area contributed by atoms with Gasteiger partial charge in [-0.05, 0) is 36.6 Å². The van der Waals surface area contributed by atoms with E-state index in [-0.39, 0.29) is 11.1 Å². The molecule has 0 atom stereocenters. The van der Waals surface area contributed by atoms with Crippen molar-refractivity contribution in [2.45, 2.75) is 13.7 Å². The van der Waals surface area contributed by atoms with Crippen LogP contribution in [0.5, 0.6) is 0 Å². The van der Waals surface area contributed by atoms with Crippen LogP contribution in [0.3, 0.4) is 0 Å². The molecule has 1 nitrogen and oxygen atoms in total. The number of hydrogen-bond acceptors (Lipinski definition) is 1. The summed E-state index contributed by atoms with van der Waals surface area (Å²) in [6.45, 7) is -4.98. The summed E-state index contributed by atoms with van der Waals surface area (Å²) in [5.74, 6) is -0.502. The predicted molar refractivity (Wildman–Crippen MR) is 94.1 cm³/mol. The second-order valence-electron chi connectivity index (χ2n) is 5.46. The van der Waals surface area contributed by atoms with E-state index in [0.29, 0.717) is 22.0 Å². The lowest BCUT2D eigenvalue weighted by atomic mass is 9.96. The Balaban J connectivity index is 2.12. The van der Waals surface area contributed by atoms with Gasteiger partial charge in [0.15, 0.2) is 0 Å². The van der Waals surface area contributed by atoms with Crippen molar-refractivity contribution in [1.82, 2.24) is 4.98 Å². The van der Waals surface area contributed by atoms with Crippen LogP contribution in [0, 0.1) is 19.5 Å². The normalized spacial score (nSPS) is 16.2. The summed E-state index contributed by atoms with van der Waals surface area (Å²) in [7, 11) is 0. The lowest BCUT2D eigenvalue weighted by molar-refractivity contribution is 0.634. The zero-order chi connectivity index (χ0) is 21.0. The Hall–Kier alpha value is -2.74. The summed E-state index contributed by atoms with van der Waals surface area (Å²) in [4.78, 5) is 4.23. The molecule has 112 valence electrons. The van der Waals surface area contributed by atoms with Gasteiger partial charge in [0.05, 0.1) is 11.9 Å². The first kappa shape index (κ1) is 8.78. The van der Waals surface area contributed by atoms with Crippen LogP contribution in [0.2, 0.25) is 0 Å². The minimum atomic E-state index is -2.49. The topological polar surface area (TPSA) is 12.9 Å². The van der Waals surface area contributed by atoms with E-state index in [1.165, 1.54) is 18.2 Å². The molecule has 23 heavy (non-hydrogen) atoms. The van der Waals surface area contributed by atoms with Crippen molar-refractivity contribution in [2.24, 2.45) is 0 Å². The fraction of sp³-hybridized carbons (Fsp3) is 0.0952. The van der Waals surface area contributed by atoms with Crippen molar-refractivity contribution in [3.05, 3.63) is 77.7 Å². The third-order valence-electron chi connectivity index (χ3n) is 3.94. The molecule has 0 aliphatic rings. The quantitative estimate of drug-likeness (QED) is 0.404. The molecule has 0 spiro atoms. The maximum Gasteiger partial charge on any atom is 0.149 e. The van der Waals surface area contributed by atoms with Crippen LogP contribution in [0.4, 0.5) is 4.39 Å². The second-order valence-corrected chi connectivity index (χ2v) is 5.46. The zero-order valence-electron chi connectivity index (χ0n) is 18.1. The van der Waals surface area contributed by atoms with Gasteiger partial charge in [0, 0.05) is 24.6 Å². The highest BCUT2D eigenvalue weighted by Crippen LogP contribution is 2.34. The van der Waals surface area contributed by atoms with Crippen molar-refractivity contribution >= 4 is 21.5 Å². The van der Waals surface area contributed by atoms with Crippen molar-refractivity contribution in [3.63, 3.8) is 0 Å². The van der Waals surface area contributed by atoms with Gasteiger partial charge in [0.25, 0.3) is 0 Å². The van der Waals surface area contributed by atoms with Crippen LogP contribution in [0.25, 0.3) is 32.8 Å². The summed E-state index contributed by atoms with van der Waals surface area (Å²) in [6, 6.07) is 14.8. The number of rotatable bonds is 1. The van der Waals surface area contributed by atoms with Crippen LogP contribution in [0.1, 0.15) is 19.4 Å². The minimum Gasteiger partial charge on any atom is -0.253 e. The molecule has 4 rings (SSSR count). The number of fused-ring (bicyclic) bond motifs is 3.